The van der Waals surface area contributed by atoms with Crippen LogP contribution in [0.15, 0.2) is 79.0 Å². The maximum atomic E-state index is 8.54. The van der Waals surface area contributed by atoms with E-state index in [0.29, 0.717) is 12.0 Å². The van der Waals surface area contributed by atoms with Crippen LogP contribution >= 0.6 is 0 Å². The number of benzene rings is 2. The van der Waals surface area contributed by atoms with Crippen molar-refractivity contribution in [1.29, 1.82) is 5.26 Å². The number of pyridine rings is 1. The van der Waals surface area contributed by atoms with Crippen molar-refractivity contribution < 1.29 is 0 Å². The van der Waals surface area contributed by atoms with Crippen molar-refractivity contribution in [1.82, 2.24) is 10.3 Å². The summed E-state index contributed by atoms with van der Waals surface area (Å²) in [5, 5.41) is 18.4. The fourth-order valence-corrected chi connectivity index (χ4v) is 2.91. The van der Waals surface area contributed by atoms with Gasteiger partial charge in [-0.25, -0.2) is 4.98 Å². The molecule has 4 rings (SSSR count). The molecule has 0 saturated carbocycles. The lowest BCUT2D eigenvalue weighted by Gasteiger charge is -2.29. The summed E-state index contributed by atoms with van der Waals surface area (Å²) in [5.74, 6) is 1.61. The van der Waals surface area contributed by atoms with E-state index in [0.717, 1.165) is 36.6 Å². The molecule has 3 aromatic rings. The van der Waals surface area contributed by atoms with E-state index in [1.54, 1.807) is 0 Å². The highest BCUT2D eigenvalue weighted by atomic mass is 15.1. The first-order valence-electron chi connectivity index (χ1n) is 12.7. The molecule has 2 heterocycles. The van der Waals surface area contributed by atoms with Gasteiger partial charge in [0, 0.05) is 18.8 Å². The van der Waals surface area contributed by atoms with Crippen LogP contribution in [0.2, 0.25) is 0 Å². The number of nitriles is 1. The predicted octanol–water partition coefficient (Wildman–Crippen LogP) is 7.00. The van der Waals surface area contributed by atoms with Gasteiger partial charge in [0.2, 0.25) is 0 Å². The second-order valence-corrected chi connectivity index (χ2v) is 7.59. The lowest BCUT2D eigenvalue weighted by Crippen LogP contribution is -2.37. The van der Waals surface area contributed by atoms with Gasteiger partial charge >= 0.3 is 0 Å². The third-order valence-corrected chi connectivity index (χ3v) is 4.86. The third-order valence-electron chi connectivity index (χ3n) is 4.86. The Morgan fingerprint density at radius 3 is 2.00 bits per heavy atom. The normalized spacial score (nSPS) is 12.5. The second-order valence-electron chi connectivity index (χ2n) is 7.59. The van der Waals surface area contributed by atoms with Gasteiger partial charge in [0.15, 0.2) is 0 Å². The Morgan fingerprint density at radius 2 is 1.51 bits per heavy atom. The minimum Gasteiger partial charge on any atom is -0.380 e. The SMILES string of the molecule is CC.CC.CC(C)[C@@H]1CNc2cccnc2N1.CNCCc1ccc(C#N)cc1.c1ccccc1. The molecular formula is C30H45N5. The number of fused-ring (bicyclic) bond motifs is 1. The van der Waals surface area contributed by atoms with Gasteiger partial charge in [-0.2, -0.15) is 5.26 Å². The molecule has 0 spiro atoms. The zero-order valence-corrected chi connectivity index (χ0v) is 22.7. The van der Waals surface area contributed by atoms with Crippen LogP contribution in [0.1, 0.15) is 52.7 Å². The minimum absolute atomic E-state index is 0.488. The molecule has 5 nitrogen and oxygen atoms in total. The van der Waals surface area contributed by atoms with E-state index >= 15 is 0 Å². The van der Waals surface area contributed by atoms with Crippen LogP contribution in [0.4, 0.5) is 11.5 Å². The van der Waals surface area contributed by atoms with E-state index in [9.17, 15) is 0 Å². The van der Waals surface area contributed by atoms with Crippen LogP contribution in [0, 0.1) is 17.2 Å². The first-order chi connectivity index (χ1) is 17.1. The first kappa shape index (κ1) is 31.6. The van der Waals surface area contributed by atoms with Crippen LogP contribution in [0.25, 0.3) is 0 Å². The molecule has 0 radical (unpaired) electrons. The molecule has 0 fully saturated rings. The lowest BCUT2D eigenvalue weighted by atomic mass is 10.0. The number of likely N-dealkylation sites (N-methyl/N-ethyl adjacent to an activating group) is 1. The largest absolute Gasteiger partial charge is 0.380 e. The van der Waals surface area contributed by atoms with Crippen LogP contribution in [-0.2, 0) is 6.42 Å². The van der Waals surface area contributed by atoms with E-state index in [1.807, 2.05) is 114 Å². The molecular weight excluding hydrogens is 430 g/mol. The molecule has 1 aliphatic heterocycles. The summed E-state index contributed by atoms with van der Waals surface area (Å²) in [6.07, 6.45) is 2.83. The van der Waals surface area contributed by atoms with Crippen molar-refractivity contribution in [2.75, 3.05) is 30.8 Å². The van der Waals surface area contributed by atoms with Gasteiger partial charge in [-0.05, 0) is 55.8 Å². The first-order valence-corrected chi connectivity index (χ1v) is 12.7. The molecule has 0 aliphatic carbocycles. The van der Waals surface area contributed by atoms with Crippen LogP contribution in [-0.4, -0.2) is 31.2 Å². The fourth-order valence-electron chi connectivity index (χ4n) is 2.91. The van der Waals surface area contributed by atoms with Gasteiger partial charge in [0.05, 0.1) is 17.3 Å². The smallest absolute Gasteiger partial charge is 0.149 e. The number of aromatic nitrogens is 1. The summed E-state index contributed by atoms with van der Waals surface area (Å²) in [4.78, 5) is 4.28. The summed E-state index contributed by atoms with van der Waals surface area (Å²) < 4.78 is 0. The summed E-state index contributed by atoms with van der Waals surface area (Å²) in [6.45, 7) is 14.4. The second kappa shape index (κ2) is 21.2. The average molecular weight is 476 g/mol. The zero-order valence-electron chi connectivity index (χ0n) is 22.7. The van der Waals surface area contributed by atoms with Crippen molar-refractivity contribution in [3.63, 3.8) is 0 Å². The zero-order chi connectivity index (χ0) is 26.3. The molecule has 1 aromatic heterocycles. The third kappa shape index (κ3) is 13.8. The monoisotopic (exact) mass is 475 g/mol. The van der Waals surface area contributed by atoms with Crippen molar-refractivity contribution in [3.8, 4) is 6.07 Å². The number of anilines is 2. The van der Waals surface area contributed by atoms with Crippen LogP contribution in [0.5, 0.6) is 0 Å². The number of nitrogens with zero attached hydrogens (tertiary/aromatic N) is 2. The van der Waals surface area contributed by atoms with E-state index in [-0.39, 0.29) is 0 Å². The summed E-state index contributed by atoms with van der Waals surface area (Å²) in [5.41, 5.74) is 3.10. The number of hydrogen-bond acceptors (Lipinski definition) is 5. The molecule has 5 heteroatoms. The highest BCUT2D eigenvalue weighted by Crippen LogP contribution is 2.24. The lowest BCUT2D eigenvalue weighted by molar-refractivity contribution is 0.534. The average Bonchev–Trinajstić information content (AvgIpc) is 2.95. The van der Waals surface area contributed by atoms with Crippen molar-refractivity contribution in [2.24, 2.45) is 5.92 Å². The topological polar surface area (TPSA) is 72.8 Å². The Hall–Kier alpha value is -3.36. The standard InChI is InChI=1S/C10H15N3.C10H12N2.C6H6.2C2H6/c1-7(2)9-6-12-8-4-3-5-11-10(8)13-9;1-12-7-6-9-2-4-10(8-11)5-3-9;1-2-4-6-5-3-1;2*1-2/h3-5,7,9,12H,6H2,1-2H3,(H,11,13);2-5,12H,6-7H2,1H3;1-6H;2*1-2H3/t9-;;;;/m0..../s1. The highest BCUT2D eigenvalue weighted by Gasteiger charge is 2.19. The van der Waals surface area contributed by atoms with E-state index in [2.05, 4.69) is 40.9 Å². The Balaban J connectivity index is 0.000000485. The molecule has 0 unspecified atom stereocenters. The van der Waals surface area contributed by atoms with E-state index < -0.39 is 0 Å². The Morgan fingerprint density at radius 1 is 0.943 bits per heavy atom. The minimum atomic E-state index is 0.488. The molecule has 35 heavy (non-hydrogen) atoms. The van der Waals surface area contributed by atoms with Gasteiger partial charge in [-0.3, -0.25) is 0 Å². The van der Waals surface area contributed by atoms with Gasteiger partial charge in [-0.15, -0.1) is 0 Å². The number of hydrogen-bond donors (Lipinski definition) is 3. The van der Waals surface area contributed by atoms with Gasteiger partial charge in [0.1, 0.15) is 5.82 Å². The predicted molar refractivity (Wildman–Crippen MR) is 153 cm³/mol. The number of nitrogens with one attached hydrogen (secondary N) is 3. The summed E-state index contributed by atoms with van der Waals surface area (Å²) in [7, 11) is 1.93. The highest BCUT2D eigenvalue weighted by molar-refractivity contribution is 5.66. The Labute approximate surface area is 214 Å². The van der Waals surface area contributed by atoms with Crippen molar-refractivity contribution in [2.45, 2.75) is 54.0 Å². The van der Waals surface area contributed by atoms with Crippen LogP contribution < -0.4 is 16.0 Å². The maximum Gasteiger partial charge on any atom is 0.149 e. The fraction of sp³-hybridized carbons (Fsp3) is 0.400. The quantitative estimate of drug-likeness (QED) is 0.379. The Bertz CT molecular complexity index is 875. The van der Waals surface area contributed by atoms with E-state index in [1.165, 1.54) is 5.56 Å². The summed E-state index contributed by atoms with van der Waals surface area (Å²) >= 11 is 0. The maximum absolute atomic E-state index is 8.54. The summed E-state index contributed by atoms with van der Waals surface area (Å²) in [6, 6.07) is 26.3. The van der Waals surface area contributed by atoms with Gasteiger partial charge in [-0.1, -0.05) is 90.1 Å². The van der Waals surface area contributed by atoms with Crippen LogP contribution in [0.3, 0.4) is 0 Å². The molecule has 0 bridgehead atoms. The molecule has 0 amide bonds. The molecule has 190 valence electrons. The molecule has 1 atom stereocenters. The van der Waals surface area contributed by atoms with Gasteiger partial charge < -0.3 is 16.0 Å². The van der Waals surface area contributed by atoms with Crippen molar-refractivity contribution >= 4 is 11.5 Å². The molecule has 2 aromatic carbocycles. The number of rotatable bonds is 4. The van der Waals surface area contributed by atoms with Gasteiger partial charge in [0.25, 0.3) is 0 Å². The molecule has 1 aliphatic rings. The molecule has 3 N–H and O–H groups in total. The Kier molecular flexibility index (Phi) is 19.2. The van der Waals surface area contributed by atoms with E-state index in [4.69, 9.17) is 5.26 Å². The molecule has 0 saturated heterocycles. The van der Waals surface area contributed by atoms with Crippen molar-refractivity contribution in [3.05, 3.63) is 90.1 Å².